The van der Waals surface area contributed by atoms with Crippen LogP contribution in [-0.4, -0.2) is 37.1 Å². The number of hydrogen-bond donors (Lipinski definition) is 3. The molecule has 0 aliphatic heterocycles. The molecule has 3 N–H and O–H groups in total. The van der Waals surface area contributed by atoms with Crippen molar-refractivity contribution >= 4 is 28.5 Å². The first-order valence-corrected chi connectivity index (χ1v) is 11.1. The second kappa shape index (κ2) is 10.3. The van der Waals surface area contributed by atoms with Crippen LogP contribution in [0.4, 0.5) is 5.69 Å². The Kier molecular flexibility index (Phi) is 6.98. The van der Waals surface area contributed by atoms with Crippen LogP contribution in [0.15, 0.2) is 77.6 Å². The molecule has 9 heteroatoms. The molecule has 0 unspecified atom stereocenters. The van der Waals surface area contributed by atoms with E-state index in [1.807, 2.05) is 19.1 Å². The number of rotatable bonds is 8. The van der Waals surface area contributed by atoms with Gasteiger partial charge < -0.3 is 15.5 Å². The van der Waals surface area contributed by atoms with Crippen LogP contribution in [0, 0.1) is 12.8 Å². The van der Waals surface area contributed by atoms with Gasteiger partial charge in [-0.2, -0.15) is 0 Å². The highest BCUT2D eigenvalue weighted by Gasteiger charge is 2.28. The van der Waals surface area contributed by atoms with Gasteiger partial charge in [0.2, 0.25) is 0 Å². The Hall–Kier alpha value is -4.37. The molecule has 4 aromatic rings. The quantitative estimate of drug-likeness (QED) is 0.358. The topological polar surface area (TPSA) is 134 Å². The highest BCUT2D eigenvalue weighted by molar-refractivity contribution is 6.05. The molecule has 35 heavy (non-hydrogen) atoms. The summed E-state index contributed by atoms with van der Waals surface area (Å²) in [7, 11) is 0. The Bertz CT molecular complexity index is 1430. The maximum Gasteiger partial charge on any atom is 0.309 e. The predicted molar refractivity (Wildman–Crippen MR) is 130 cm³/mol. The van der Waals surface area contributed by atoms with Gasteiger partial charge in [-0.1, -0.05) is 47.7 Å². The van der Waals surface area contributed by atoms with Crippen LogP contribution in [0.1, 0.15) is 34.0 Å². The van der Waals surface area contributed by atoms with Crippen molar-refractivity contribution in [3.63, 3.8) is 0 Å². The molecule has 0 aliphatic rings. The highest BCUT2D eigenvalue weighted by atomic mass is 16.4. The minimum atomic E-state index is -1.32. The molecular weight excluding hydrogens is 448 g/mol. The average Bonchev–Trinajstić information content (AvgIpc) is 2.86. The number of benzene rings is 3. The zero-order valence-corrected chi connectivity index (χ0v) is 19.0. The van der Waals surface area contributed by atoms with Crippen molar-refractivity contribution in [2.45, 2.75) is 26.0 Å². The number of anilines is 1. The van der Waals surface area contributed by atoms with Gasteiger partial charge in [-0.15, -0.1) is 5.10 Å². The molecule has 0 bridgehead atoms. The van der Waals surface area contributed by atoms with Gasteiger partial charge in [0, 0.05) is 17.8 Å². The molecule has 9 nitrogen and oxygen atoms in total. The second-order valence-electron chi connectivity index (χ2n) is 8.20. The van der Waals surface area contributed by atoms with Crippen molar-refractivity contribution < 1.29 is 19.8 Å². The van der Waals surface area contributed by atoms with E-state index in [1.54, 1.807) is 60.7 Å². The molecule has 2 atom stereocenters. The average molecular weight is 473 g/mol. The van der Waals surface area contributed by atoms with Crippen LogP contribution in [0.3, 0.4) is 0 Å². The summed E-state index contributed by atoms with van der Waals surface area (Å²) in [5.41, 5.74) is 2.37. The first kappa shape index (κ1) is 23.8. The summed E-state index contributed by atoms with van der Waals surface area (Å²) in [5, 5.41) is 31.5. The number of amides is 1. The van der Waals surface area contributed by atoms with Crippen LogP contribution < -0.4 is 10.9 Å². The lowest BCUT2D eigenvalue weighted by molar-refractivity contribution is -0.146. The van der Waals surface area contributed by atoms with Gasteiger partial charge in [0.25, 0.3) is 11.5 Å². The Morgan fingerprint density at radius 1 is 1.00 bits per heavy atom. The molecule has 1 amide bonds. The number of carboxylic acids is 1. The Labute approximate surface area is 200 Å². The Balaban J connectivity index is 1.45. The zero-order valence-electron chi connectivity index (χ0n) is 19.0. The van der Waals surface area contributed by atoms with Crippen LogP contribution in [0.5, 0.6) is 0 Å². The summed E-state index contributed by atoms with van der Waals surface area (Å²) >= 11 is 0. The maximum absolute atomic E-state index is 12.6. The van der Waals surface area contributed by atoms with Gasteiger partial charge in [-0.3, -0.25) is 14.4 Å². The molecule has 178 valence electrons. The number of aryl methyl sites for hydroxylation is 2. The van der Waals surface area contributed by atoms with Crippen LogP contribution in [-0.2, 0) is 11.3 Å². The van der Waals surface area contributed by atoms with E-state index < -0.39 is 18.0 Å². The summed E-state index contributed by atoms with van der Waals surface area (Å²) in [5.74, 6) is -2.64. The maximum atomic E-state index is 12.6. The summed E-state index contributed by atoms with van der Waals surface area (Å²) in [6, 6.07) is 20.3. The normalized spacial score (nSPS) is 12.7. The Morgan fingerprint density at radius 2 is 1.69 bits per heavy atom. The summed E-state index contributed by atoms with van der Waals surface area (Å²) in [6.45, 7) is 1.83. The van der Waals surface area contributed by atoms with Crippen molar-refractivity contribution in [2.75, 3.05) is 5.32 Å². The van der Waals surface area contributed by atoms with Crippen molar-refractivity contribution in [2.24, 2.45) is 5.92 Å². The molecule has 4 rings (SSSR count). The van der Waals surface area contributed by atoms with Crippen molar-refractivity contribution in [3.8, 4) is 0 Å². The van der Waals surface area contributed by atoms with Crippen LogP contribution >= 0.6 is 0 Å². The van der Waals surface area contributed by atoms with Crippen molar-refractivity contribution in [1.29, 1.82) is 0 Å². The third-order valence-corrected chi connectivity index (χ3v) is 5.88. The summed E-state index contributed by atoms with van der Waals surface area (Å²) < 4.78 is 1.11. The van der Waals surface area contributed by atoms with Crippen molar-refractivity contribution in [1.82, 2.24) is 15.0 Å². The molecule has 3 aromatic carbocycles. The van der Waals surface area contributed by atoms with Gasteiger partial charge in [0.05, 0.1) is 17.4 Å². The zero-order chi connectivity index (χ0) is 24.9. The Morgan fingerprint density at radius 3 is 2.40 bits per heavy atom. The highest BCUT2D eigenvalue weighted by Crippen LogP contribution is 2.27. The molecule has 1 aromatic heterocycles. The standard InChI is InChI=1S/C26H24N4O5/c1-16-6-2-3-7-19(16)24(32)27-18-12-10-17(11-13-18)23(31)21(26(34)35)14-15-30-25(33)20-8-4-5-9-22(20)28-29-30/h2-13,21,23,31H,14-15H2,1H3,(H,27,32)(H,34,35)/t21-,23+/m0/s1. The van der Waals surface area contributed by atoms with Gasteiger partial charge >= 0.3 is 5.97 Å². The van der Waals surface area contributed by atoms with Gasteiger partial charge in [-0.25, -0.2) is 4.68 Å². The van der Waals surface area contributed by atoms with Crippen LogP contribution in [0.2, 0.25) is 0 Å². The number of aliphatic hydroxyl groups is 1. The predicted octanol–water partition coefficient (Wildman–Crippen LogP) is 3.18. The van der Waals surface area contributed by atoms with E-state index in [-0.39, 0.29) is 24.4 Å². The lowest BCUT2D eigenvalue weighted by atomic mass is 9.92. The lowest BCUT2D eigenvalue weighted by Crippen LogP contribution is -2.29. The van der Waals surface area contributed by atoms with E-state index in [2.05, 4.69) is 15.6 Å². The number of aliphatic hydroxyl groups excluding tert-OH is 1. The van der Waals surface area contributed by atoms with Crippen molar-refractivity contribution in [3.05, 3.63) is 99.8 Å². The number of carboxylic acid groups (broad SMARTS) is 1. The van der Waals surface area contributed by atoms with E-state index >= 15 is 0 Å². The molecule has 1 heterocycles. The molecule has 0 saturated carbocycles. The molecule has 0 spiro atoms. The second-order valence-corrected chi connectivity index (χ2v) is 8.20. The number of hydrogen-bond acceptors (Lipinski definition) is 6. The summed E-state index contributed by atoms with van der Waals surface area (Å²) in [6.07, 6.45) is -1.35. The first-order chi connectivity index (χ1) is 16.8. The fraction of sp³-hybridized carbons (Fsp3) is 0.192. The fourth-order valence-corrected chi connectivity index (χ4v) is 3.87. The van der Waals surface area contributed by atoms with E-state index in [0.717, 1.165) is 10.2 Å². The minimum Gasteiger partial charge on any atom is -0.481 e. The van der Waals surface area contributed by atoms with Gasteiger partial charge in [0.1, 0.15) is 5.52 Å². The number of aromatic nitrogens is 3. The number of carbonyl (C=O) groups excluding carboxylic acids is 1. The van der Waals surface area contributed by atoms with Gasteiger partial charge in [0.15, 0.2) is 0 Å². The smallest absolute Gasteiger partial charge is 0.309 e. The number of carbonyl (C=O) groups is 2. The number of nitrogens with one attached hydrogen (secondary N) is 1. The third kappa shape index (κ3) is 5.25. The molecule has 0 radical (unpaired) electrons. The van der Waals surface area contributed by atoms with Crippen LogP contribution in [0.25, 0.3) is 10.9 Å². The van der Waals surface area contributed by atoms with E-state index in [1.165, 1.54) is 0 Å². The largest absolute Gasteiger partial charge is 0.481 e. The lowest BCUT2D eigenvalue weighted by Gasteiger charge is -2.20. The first-order valence-electron chi connectivity index (χ1n) is 11.1. The van der Waals surface area contributed by atoms with E-state index in [9.17, 15) is 24.6 Å². The number of aliphatic carboxylic acids is 1. The molecule has 0 aliphatic carbocycles. The van der Waals surface area contributed by atoms with E-state index in [4.69, 9.17) is 0 Å². The molecule has 0 saturated heterocycles. The molecule has 0 fully saturated rings. The third-order valence-electron chi connectivity index (χ3n) is 5.88. The number of fused-ring (bicyclic) bond motifs is 1. The van der Waals surface area contributed by atoms with Gasteiger partial charge in [-0.05, 0) is 54.8 Å². The monoisotopic (exact) mass is 472 g/mol. The fourth-order valence-electron chi connectivity index (χ4n) is 3.87. The summed E-state index contributed by atoms with van der Waals surface area (Å²) in [4.78, 5) is 37.0. The molecular formula is C26H24N4O5. The number of nitrogens with zero attached hydrogens (tertiary/aromatic N) is 3. The SMILES string of the molecule is Cc1ccccc1C(=O)Nc1ccc([C@@H](O)[C@H](CCn2nnc3ccccc3c2=O)C(=O)O)cc1. The minimum absolute atomic E-state index is 0.0186. The van der Waals surface area contributed by atoms with E-state index in [0.29, 0.717) is 27.7 Å².